The Bertz CT molecular complexity index is 382. The van der Waals surface area contributed by atoms with Crippen molar-refractivity contribution in [2.45, 2.75) is 25.7 Å². The Morgan fingerprint density at radius 3 is 2.82 bits per heavy atom. The van der Waals surface area contributed by atoms with Gasteiger partial charge < -0.3 is 5.11 Å². The zero-order valence-electron chi connectivity index (χ0n) is 9.43. The lowest BCUT2D eigenvalue weighted by Gasteiger charge is -2.03. The standard InChI is InChI=1S/C12H15ClNO3/c13-11-7-6-10(12(9-11)14(16)17)5-3-1-2-4-8-15/h1,6-7,9,15H,2-5,8H2. The Morgan fingerprint density at radius 2 is 2.18 bits per heavy atom. The molecular weight excluding hydrogens is 242 g/mol. The van der Waals surface area contributed by atoms with Crippen molar-refractivity contribution in [1.82, 2.24) is 0 Å². The minimum absolute atomic E-state index is 0.0769. The van der Waals surface area contributed by atoms with Gasteiger partial charge in [-0.15, -0.1) is 0 Å². The second kappa shape index (κ2) is 7.25. The summed E-state index contributed by atoms with van der Waals surface area (Å²) in [5.41, 5.74) is 0.771. The second-order valence-corrected chi connectivity index (χ2v) is 4.16. The van der Waals surface area contributed by atoms with E-state index < -0.39 is 4.92 Å². The molecule has 0 aromatic heterocycles. The molecule has 1 rings (SSSR count). The summed E-state index contributed by atoms with van der Waals surface area (Å²) in [5, 5.41) is 19.8. The topological polar surface area (TPSA) is 63.4 Å². The van der Waals surface area contributed by atoms with E-state index in [0.717, 1.165) is 19.3 Å². The first kappa shape index (κ1) is 13.9. The minimum Gasteiger partial charge on any atom is -0.396 e. The molecule has 0 aliphatic rings. The first-order chi connectivity index (χ1) is 8.15. The Balaban J connectivity index is 2.55. The largest absolute Gasteiger partial charge is 0.396 e. The maximum atomic E-state index is 10.8. The van der Waals surface area contributed by atoms with Crippen molar-refractivity contribution in [2.75, 3.05) is 6.61 Å². The molecule has 1 aromatic rings. The maximum absolute atomic E-state index is 10.8. The zero-order chi connectivity index (χ0) is 12.7. The van der Waals surface area contributed by atoms with Crippen molar-refractivity contribution >= 4 is 17.3 Å². The quantitative estimate of drug-likeness (QED) is 0.463. The fourth-order valence-electron chi connectivity index (χ4n) is 1.56. The van der Waals surface area contributed by atoms with Crippen LogP contribution < -0.4 is 0 Å². The molecule has 17 heavy (non-hydrogen) atoms. The van der Waals surface area contributed by atoms with E-state index in [1.54, 1.807) is 12.1 Å². The van der Waals surface area contributed by atoms with E-state index in [2.05, 4.69) is 0 Å². The van der Waals surface area contributed by atoms with Gasteiger partial charge >= 0.3 is 0 Å². The Labute approximate surface area is 105 Å². The van der Waals surface area contributed by atoms with Gasteiger partial charge in [-0.25, -0.2) is 0 Å². The van der Waals surface area contributed by atoms with E-state index in [0.29, 0.717) is 17.0 Å². The zero-order valence-corrected chi connectivity index (χ0v) is 10.2. The molecular formula is C12H15ClNO3. The summed E-state index contributed by atoms with van der Waals surface area (Å²) in [6.45, 7) is 0.178. The van der Waals surface area contributed by atoms with E-state index >= 15 is 0 Å². The van der Waals surface area contributed by atoms with Gasteiger partial charge in [0.25, 0.3) is 5.69 Å². The SMILES string of the molecule is O=[N+]([O-])c1cc(Cl)ccc1CC[CH]CCCO. The number of nitro groups is 1. The molecule has 0 bridgehead atoms. The van der Waals surface area contributed by atoms with Crippen LogP contribution in [-0.2, 0) is 6.42 Å². The summed E-state index contributed by atoms with van der Waals surface area (Å²) in [6, 6.07) is 4.74. The van der Waals surface area contributed by atoms with Gasteiger partial charge in [-0.05, 0) is 38.2 Å². The van der Waals surface area contributed by atoms with Crippen molar-refractivity contribution in [3.05, 3.63) is 45.3 Å². The summed E-state index contributed by atoms with van der Waals surface area (Å²) >= 11 is 5.72. The predicted molar refractivity (Wildman–Crippen MR) is 67.0 cm³/mol. The molecule has 0 unspecified atom stereocenters. The van der Waals surface area contributed by atoms with Crippen LogP contribution in [-0.4, -0.2) is 16.6 Å². The summed E-state index contributed by atoms with van der Waals surface area (Å²) < 4.78 is 0. The number of hydrogen-bond acceptors (Lipinski definition) is 3. The highest BCUT2D eigenvalue weighted by Crippen LogP contribution is 2.24. The van der Waals surface area contributed by atoms with Gasteiger partial charge in [0.2, 0.25) is 0 Å². The van der Waals surface area contributed by atoms with Crippen LogP contribution in [0.15, 0.2) is 18.2 Å². The van der Waals surface area contributed by atoms with E-state index in [1.165, 1.54) is 6.07 Å². The maximum Gasteiger partial charge on any atom is 0.274 e. The first-order valence-corrected chi connectivity index (χ1v) is 5.88. The molecule has 0 aliphatic carbocycles. The van der Waals surface area contributed by atoms with Crippen molar-refractivity contribution < 1.29 is 10.0 Å². The Hall–Kier alpha value is -1.13. The van der Waals surface area contributed by atoms with Crippen molar-refractivity contribution in [3.63, 3.8) is 0 Å². The van der Waals surface area contributed by atoms with Crippen LogP contribution >= 0.6 is 11.6 Å². The van der Waals surface area contributed by atoms with Crippen LogP contribution in [0.1, 0.15) is 24.8 Å². The van der Waals surface area contributed by atoms with Gasteiger partial charge in [-0.3, -0.25) is 10.1 Å². The lowest BCUT2D eigenvalue weighted by molar-refractivity contribution is -0.385. The van der Waals surface area contributed by atoms with Gasteiger partial charge in [-0.1, -0.05) is 17.7 Å². The third-order valence-corrected chi connectivity index (χ3v) is 2.66. The lowest BCUT2D eigenvalue weighted by atomic mass is 10.0. The summed E-state index contributed by atoms with van der Waals surface area (Å²) in [6.07, 6.45) is 5.00. The number of aliphatic hydroxyl groups is 1. The van der Waals surface area contributed by atoms with Crippen molar-refractivity contribution in [3.8, 4) is 0 Å². The lowest BCUT2D eigenvalue weighted by Crippen LogP contribution is -1.96. The van der Waals surface area contributed by atoms with Crippen LogP contribution in [0.4, 0.5) is 5.69 Å². The van der Waals surface area contributed by atoms with Gasteiger partial charge in [0.15, 0.2) is 0 Å². The van der Waals surface area contributed by atoms with Gasteiger partial charge in [0.05, 0.1) is 4.92 Å². The third-order valence-electron chi connectivity index (χ3n) is 2.43. The Morgan fingerprint density at radius 1 is 1.41 bits per heavy atom. The summed E-state index contributed by atoms with van der Waals surface area (Å²) in [7, 11) is 0. The molecule has 0 spiro atoms. The molecule has 1 aromatic carbocycles. The molecule has 1 N–H and O–H groups in total. The predicted octanol–water partition coefficient (Wildman–Crippen LogP) is 3.16. The van der Waals surface area contributed by atoms with Crippen LogP contribution in [0.3, 0.4) is 0 Å². The number of nitro benzene ring substituents is 1. The fraction of sp³-hybridized carbons (Fsp3) is 0.417. The highest BCUT2D eigenvalue weighted by atomic mass is 35.5. The molecule has 0 amide bonds. The molecule has 0 aliphatic heterocycles. The molecule has 5 heteroatoms. The minimum atomic E-state index is -0.408. The highest BCUT2D eigenvalue weighted by molar-refractivity contribution is 6.30. The molecule has 1 radical (unpaired) electrons. The van der Waals surface area contributed by atoms with Gasteiger partial charge in [-0.2, -0.15) is 0 Å². The number of aliphatic hydroxyl groups excluding tert-OH is 1. The summed E-state index contributed by atoms with van der Waals surface area (Å²) in [4.78, 5) is 10.4. The van der Waals surface area contributed by atoms with Crippen molar-refractivity contribution in [1.29, 1.82) is 0 Å². The molecule has 93 valence electrons. The van der Waals surface area contributed by atoms with E-state index in [4.69, 9.17) is 16.7 Å². The van der Waals surface area contributed by atoms with E-state index in [-0.39, 0.29) is 12.3 Å². The average molecular weight is 257 g/mol. The van der Waals surface area contributed by atoms with Crippen LogP contribution in [0.5, 0.6) is 0 Å². The van der Waals surface area contributed by atoms with E-state index in [9.17, 15) is 10.1 Å². The molecule has 0 heterocycles. The number of halogens is 1. The number of nitrogens with zero attached hydrogens (tertiary/aromatic N) is 1. The molecule has 4 nitrogen and oxygen atoms in total. The van der Waals surface area contributed by atoms with Gasteiger partial charge in [0, 0.05) is 23.3 Å². The monoisotopic (exact) mass is 256 g/mol. The highest BCUT2D eigenvalue weighted by Gasteiger charge is 2.13. The molecule has 0 fully saturated rings. The van der Waals surface area contributed by atoms with Crippen LogP contribution in [0.2, 0.25) is 5.02 Å². The molecule has 0 atom stereocenters. The number of hydrogen-bond donors (Lipinski definition) is 1. The van der Waals surface area contributed by atoms with Crippen LogP contribution in [0, 0.1) is 16.5 Å². The number of unbranched alkanes of at least 4 members (excludes halogenated alkanes) is 3. The first-order valence-electron chi connectivity index (χ1n) is 5.50. The summed E-state index contributed by atoms with van der Waals surface area (Å²) in [5.74, 6) is 0. The number of rotatable bonds is 7. The Kier molecular flexibility index (Phi) is 5.94. The molecule has 0 saturated heterocycles. The van der Waals surface area contributed by atoms with Crippen molar-refractivity contribution in [2.24, 2.45) is 0 Å². The molecule has 0 saturated carbocycles. The second-order valence-electron chi connectivity index (χ2n) is 3.72. The van der Waals surface area contributed by atoms with E-state index in [1.807, 2.05) is 6.42 Å². The van der Waals surface area contributed by atoms with Gasteiger partial charge in [0.1, 0.15) is 0 Å². The fourth-order valence-corrected chi connectivity index (χ4v) is 1.72. The average Bonchev–Trinajstić information content (AvgIpc) is 2.30. The number of aryl methyl sites for hydroxylation is 1. The van der Waals surface area contributed by atoms with Crippen LogP contribution in [0.25, 0.3) is 0 Å². The smallest absolute Gasteiger partial charge is 0.274 e. The third kappa shape index (κ3) is 4.71. The normalized spacial score (nSPS) is 10.5. The number of benzene rings is 1.